The van der Waals surface area contributed by atoms with E-state index in [4.69, 9.17) is 15.9 Å². The zero-order valence-corrected chi connectivity index (χ0v) is 18.5. The Balaban J connectivity index is 1.68. The lowest BCUT2D eigenvalue weighted by atomic mass is 9.85. The van der Waals surface area contributed by atoms with E-state index in [-0.39, 0.29) is 49.1 Å². The molecule has 2 aromatic carbocycles. The number of aromatic nitrogens is 2. The molecular formula is C24H23F4N5O2. The smallest absolute Gasteiger partial charge is 0.384 e. The van der Waals surface area contributed by atoms with Crippen molar-refractivity contribution in [3.63, 3.8) is 0 Å². The van der Waals surface area contributed by atoms with E-state index in [1.807, 2.05) is 0 Å². The molecule has 184 valence electrons. The Bertz CT molecular complexity index is 1220. The average molecular weight is 489 g/mol. The van der Waals surface area contributed by atoms with Gasteiger partial charge in [-0.3, -0.25) is 10.2 Å². The molecule has 1 saturated heterocycles. The van der Waals surface area contributed by atoms with Gasteiger partial charge in [0.15, 0.2) is 0 Å². The number of rotatable bonds is 6. The van der Waals surface area contributed by atoms with Gasteiger partial charge >= 0.3 is 6.18 Å². The van der Waals surface area contributed by atoms with Crippen LogP contribution in [0.2, 0.25) is 0 Å². The number of benzene rings is 2. The highest BCUT2D eigenvalue weighted by molar-refractivity contribution is 5.97. The number of hydrogen-bond donors (Lipinski definition) is 3. The second-order valence-corrected chi connectivity index (χ2v) is 8.23. The predicted molar refractivity (Wildman–Crippen MR) is 121 cm³/mol. The number of hydrogen-bond acceptors (Lipinski definition) is 5. The van der Waals surface area contributed by atoms with Gasteiger partial charge in [0, 0.05) is 30.7 Å². The van der Waals surface area contributed by atoms with E-state index in [1.54, 1.807) is 24.3 Å². The minimum absolute atomic E-state index is 0.0170. The lowest BCUT2D eigenvalue weighted by Gasteiger charge is -2.31. The number of alkyl halides is 3. The molecule has 4 rings (SSSR count). The quantitative estimate of drug-likeness (QED) is 0.272. The van der Waals surface area contributed by atoms with E-state index < -0.39 is 29.7 Å². The molecule has 0 aliphatic carbocycles. The van der Waals surface area contributed by atoms with Crippen LogP contribution >= 0.6 is 0 Å². The minimum atomic E-state index is -4.46. The fourth-order valence-corrected chi connectivity index (χ4v) is 4.03. The van der Waals surface area contributed by atoms with Crippen molar-refractivity contribution in [3.05, 3.63) is 82.8 Å². The first-order chi connectivity index (χ1) is 16.6. The number of nitrogens with zero attached hydrogens (tertiary/aromatic N) is 2. The maximum absolute atomic E-state index is 14.3. The number of carbonyl (C=O) groups is 1. The van der Waals surface area contributed by atoms with Crippen LogP contribution in [-0.4, -0.2) is 40.9 Å². The summed E-state index contributed by atoms with van der Waals surface area (Å²) in [5, 5.41) is 14.7. The van der Waals surface area contributed by atoms with Crippen LogP contribution in [0.4, 0.5) is 23.4 Å². The molecular weight excluding hydrogens is 466 g/mol. The second-order valence-electron chi connectivity index (χ2n) is 8.23. The third kappa shape index (κ3) is 5.35. The van der Waals surface area contributed by atoms with Gasteiger partial charge in [0.05, 0.1) is 23.8 Å². The minimum Gasteiger partial charge on any atom is -0.384 e. The number of amidine groups is 1. The third-order valence-electron chi connectivity index (χ3n) is 5.92. The van der Waals surface area contributed by atoms with Gasteiger partial charge < -0.3 is 15.8 Å². The highest BCUT2D eigenvalue weighted by Crippen LogP contribution is 2.42. The largest absolute Gasteiger partial charge is 0.392 e. The molecule has 1 aromatic heterocycles. The fourth-order valence-electron chi connectivity index (χ4n) is 4.03. The van der Waals surface area contributed by atoms with Crippen LogP contribution in [0, 0.1) is 17.1 Å². The van der Waals surface area contributed by atoms with Crippen LogP contribution in [-0.2, 0) is 11.3 Å². The highest BCUT2D eigenvalue weighted by atomic mass is 19.4. The van der Waals surface area contributed by atoms with Crippen LogP contribution in [0.3, 0.4) is 0 Å². The standard InChI is InChI=1S/C24H23F4N5O2/c25-19-4-2-1-3-16(19)23(34)33-21(31-12-14-5-7-15(8-6-14)22(29)30)11-20(32-33)17-13-35-10-9-18(17)24(26,27)28/h1-8,11,17-18,31H,9-10,12-13H2,(H3,29,30). The van der Waals surface area contributed by atoms with Gasteiger partial charge in [0.1, 0.15) is 17.5 Å². The fraction of sp³-hybridized carbons (Fsp3) is 0.292. The van der Waals surface area contributed by atoms with E-state index >= 15 is 0 Å². The number of nitrogens with one attached hydrogen (secondary N) is 2. The summed E-state index contributed by atoms with van der Waals surface area (Å²) in [4.78, 5) is 13.1. The summed E-state index contributed by atoms with van der Waals surface area (Å²) < 4.78 is 61.5. The molecule has 0 radical (unpaired) electrons. The van der Waals surface area contributed by atoms with Crippen molar-refractivity contribution in [2.24, 2.45) is 11.7 Å². The Labute approximate surface area is 198 Å². The number of carbonyl (C=O) groups excluding carboxylic acids is 1. The van der Waals surface area contributed by atoms with E-state index in [1.165, 1.54) is 24.3 Å². The summed E-state index contributed by atoms with van der Waals surface area (Å²) in [5.41, 5.74) is 6.53. The number of nitrogen functional groups attached to an aromatic ring is 1. The van der Waals surface area contributed by atoms with Crippen molar-refractivity contribution in [1.82, 2.24) is 9.78 Å². The monoisotopic (exact) mass is 489 g/mol. The molecule has 2 unspecified atom stereocenters. The number of anilines is 1. The zero-order valence-electron chi connectivity index (χ0n) is 18.5. The summed E-state index contributed by atoms with van der Waals surface area (Å²) in [7, 11) is 0. The lowest BCUT2D eigenvalue weighted by Crippen LogP contribution is -2.36. The maximum Gasteiger partial charge on any atom is 0.392 e. The Morgan fingerprint density at radius 2 is 1.91 bits per heavy atom. The normalized spacial score (nSPS) is 18.3. The molecule has 3 aromatic rings. The SMILES string of the molecule is N=C(N)c1ccc(CNc2cc(C3COCCC3C(F)(F)F)nn2C(=O)c2ccccc2F)cc1. The molecule has 0 saturated carbocycles. The first-order valence-electron chi connectivity index (χ1n) is 10.9. The van der Waals surface area contributed by atoms with Crippen molar-refractivity contribution >= 4 is 17.6 Å². The molecule has 1 aliphatic rings. The summed E-state index contributed by atoms with van der Waals surface area (Å²) in [5.74, 6) is -4.32. The number of halogens is 4. The van der Waals surface area contributed by atoms with Crippen LogP contribution in [0.25, 0.3) is 0 Å². The molecule has 4 N–H and O–H groups in total. The summed E-state index contributed by atoms with van der Waals surface area (Å²) >= 11 is 0. The van der Waals surface area contributed by atoms with Gasteiger partial charge in [-0.2, -0.15) is 23.0 Å². The average Bonchev–Trinajstić information content (AvgIpc) is 3.26. The second kappa shape index (κ2) is 9.87. The number of nitrogens with two attached hydrogens (primary N) is 1. The van der Waals surface area contributed by atoms with Gasteiger partial charge in [-0.25, -0.2) is 4.39 Å². The molecule has 2 heterocycles. The van der Waals surface area contributed by atoms with Crippen LogP contribution in [0.15, 0.2) is 54.6 Å². The van der Waals surface area contributed by atoms with Crippen LogP contribution < -0.4 is 11.1 Å². The topological polar surface area (TPSA) is 106 Å². The van der Waals surface area contributed by atoms with Crippen LogP contribution in [0.1, 0.15) is 39.5 Å². The highest BCUT2D eigenvalue weighted by Gasteiger charge is 2.47. The molecule has 0 amide bonds. The van der Waals surface area contributed by atoms with Crippen molar-refractivity contribution < 1.29 is 27.1 Å². The molecule has 7 nitrogen and oxygen atoms in total. The molecule has 2 atom stereocenters. The first-order valence-corrected chi connectivity index (χ1v) is 10.9. The van der Waals surface area contributed by atoms with Gasteiger partial charge in [-0.1, -0.05) is 36.4 Å². The van der Waals surface area contributed by atoms with Crippen molar-refractivity contribution in [1.29, 1.82) is 5.41 Å². The van der Waals surface area contributed by atoms with Crippen molar-refractivity contribution in [3.8, 4) is 0 Å². The summed E-state index contributed by atoms with van der Waals surface area (Å²) in [6, 6.07) is 13.4. The van der Waals surface area contributed by atoms with Crippen LogP contribution in [0.5, 0.6) is 0 Å². The van der Waals surface area contributed by atoms with Gasteiger partial charge in [-0.05, 0) is 24.1 Å². The zero-order chi connectivity index (χ0) is 25.2. The molecule has 1 aliphatic heterocycles. The van der Waals surface area contributed by atoms with E-state index in [9.17, 15) is 22.4 Å². The van der Waals surface area contributed by atoms with Gasteiger partial charge in [0.2, 0.25) is 0 Å². The Hall–Kier alpha value is -3.73. The Kier molecular flexibility index (Phi) is 6.88. The Morgan fingerprint density at radius 1 is 1.20 bits per heavy atom. The molecule has 11 heteroatoms. The third-order valence-corrected chi connectivity index (χ3v) is 5.92. The first kappa shape index (κ1) is 24.4. The molecule has 35 heavy (non-hydrogen) atoms. The van der Waals surface area contributed by atoms with Crippen molar-refractivity contribution in [2.75, 3.05) is 18.5 Å². The van der Waals surface area contributed by atoms with Crippen molar-refractivity contribution in [2.45, 2.75) is 25.1 Å². The lowest BCUT2D eigenvalue weighted by molar-refractivity contribution is -0.199. The Morgan fingerprint density at radius 3 is 2.57 bits per heavy atom. The van der Waals surface area contributed by atoms with E-state index in [0.717, 1.165) is 16.3 Å². The summed E-state index contributed by atoms with van der Waals surface area (Å²) in [6.45, 7) is -0.0182. The molecule has 0 spiro atoms. The number of ether oxygens (including phenoxy) is 1. The summed E-state index contributed by atoms with van der Waals surface area (Å²) in [6.07, 6.45) is -4.67. The predicted octanol–water partition coefficient (Wildman–Crippen LogP) is 4.29. The van der Waals surface area contributed by atoms with E-state index in [2.05, 4.69) is 10.4 Å². The van der Waals surface area contributed by atoms with Gasteiger partial charge in [0.25, 0.3) is 5.91 Å². The van der Waals surface area contributed by atoms with Gasteiger partial charge in [-0.15, -0.1) is 0 Å². The van der Waals surface area contributed by atoms with E-state index in [0.29, 0.717) is 5.56 Å². The maximum atomic E-state index is 14.3. The molecule has 1 fully saturated rings. The molecule has 0 bridgehead atoms.